The van der Waals surface area contributed by atoms with Gasteiger partial charge in [0, 0.05) is 10.9 Å². The fourth-order valence-corrected chi connectivity index (χ4v) is 2.96. The maximum atomic E-state index is 11.4. The molecule has 2 aromatic rings. The van der Waals surface area contributed by atoms with Gasteiger partial charge in [0.1, 0.15) is 5.01 Å². The summed E-state index contributed by atoms with van der Waals surface area (Å²) in [5, 5.41) is 2.87. The number of hydrogen-bond donors (Lipinski definition) is 0. The Morgan fingerprint density at radius 1 is 1.29 bits per heavy atom. The fraction of sp³-hybridized carbons (Fsp3) is 0.412. The Hall–Kier alpha value is -1.68. The van der Waals surface area contributed by atoms with Gasteiger partial charge in [0.15, 0.2) is 0 Å². The molecule has 3 nitrogen and oxygen atoms in total. The van der Waals surface area contributed by atoms with E-state index in [2.05, 4.69) is 43.1 Å². The van der Waals surface area contributed by atoms with Crippen LogP contribution in [-0.2, 0) is 22.4 Å². The number of rotatable bonds is 6. The van der Waals surface area contributed by atoms with Crippen LogP contribution in [0, 0.1) is 5.92 Å². The van der Waals surface area contributed by atoms with Crippen molar-refractivity contribution in [2.45, 2.75) is 33.6 Å². The molecule has 4 heteroatoms. The third-order valence-electron chi connectivity index (χ3n) is 3.03. The van der Waals surface area contributed by atoms with E-state index in [0.717, 1.165) is 22.7 Å². The lowest BCUT2D eigenvalue weighted by Gasteiger charge is -2.05. The minimum atomic E-state index is -0.221. The Kier molecular flexibility index (Phi) is 5.51. The number of carbonyl (C=O) groups excluding carboxylic acids is 1. The van der Waals surface area contributed by atoms with Gasteiger partial charge in [-0.15, -0.1) is 11.3 Å². The summed E-state index contributed by atoms with van der Waals surface area (Å²) < 4.78 is 4.94. The SMILES string of the molecule is CCOC(=O)Cc1csc(-c2ccc(CC(C)C)cc2)n1. The summed E-state index contributed by atoms with van der Waals surface area (Å²) in [4.78, 5) is 16.0. The summed E-state index contributed by atoms with van der Waals surface area (Å²) >= 11 is 1.56. The summed E-state index contributed by atoms with van der Waals surface area (Å²) in [6, 6.07) is 8.51. The quantitative estimate of drug-likeness (QED) is 0.754. The molecule has 0 bridgehead atoms. The number of benzene rings is 1. The number of ether oxygens (including phenoxy) is 1. The van der Waals surface area contributed by atoms with E-state index in [1.165, 1.54) is 5.56 Å². The smallest absolute Gasteiger partial charge is 0.311 e. The highest BCUT2D eigenvalue weighted by molar-refractivity contribution is 7.13. The highest BCUT2D eigenvalue weighted by Crippen LogP contribution is 2.25. The molecule has 1 aromatic heterocycles. The topological polar surface area (TPSA) is 39.2 Å². The zero-order valence-electron chi connectivity index (χ0n) is 12.8. The van der Waals surface area contributed by atoms with Crippen LogP contribution >= 0.6 is 11.3 Å². The van der Waals surface area contributed by atoms with Crippen molar-refractivity contribution in [1.29, 1.82) is 0 Å². The average molecular weight is 303 g/mol. The van der Waals surface area contributed by atoms with Crippen LogP contribution in [0.3, 0.4) is 0 Å². The fourth-order valence-electron chi connectivity index (χ4n) is 2.14. The zero-order chi connectivity index (χ0) is 15.2. The second-order valence-electron chi connectivity index (χ2n) is 5.42. The second-order valence-corrected chi connectivity index (χ2v) is 6.28. The summed E-state index contributed by atoms with van der Waals surface area (Å²) in [5.41, 5.74) is 3.22. The van der Waals surface area contributed by atoms with Crippen molar-refractivity contribution < 1.29 is 9.53 Å². The van der Waals surface area contributed by atoms with Crippen LogP contribution in [0.15, 0.2) is 29.6 Å². The van der Waals surface area contributed by atoms with E-state index in [1.807, 2.05) is 12.3 Å². The molecule has 112 valence electrons. The van der Waals surface area contributed by atoms with Crippen LogP contribution in [0.25, 0.3) is 10.6 Å². The standard InChI is InChI=1S/C17H21NO2S/c1-4-20-16(19)10-15-11-21-17(18-15)14-7-5-13(6-8-14)9-12(2)3/h5-8,11-12H,4,9-10H2,1-3H3. The normalized spacial score (nSPS) is 10.9. The molecule has 0 fully saturated rings. The number of aromatic nitrogens is 1. The predicted octanol–water partition coefficient (Wildman–Crippen LogP) is 4.11. The van der Waals surface area contributed by atoms with Gasteiger partial charge in [0.25, 0.3) is 0 Å². The number of hydrogen-bond acceptors (Lipinski definition) is 4. The summed E-state index contributed by atoms with van der Waals surface area (Å²) in [5.74, 6) is 0.438. The molecule has 0 amide bonds. The molecular formula is C17H21NO2S. The van der Waals surface area contributed by atoms with Crippen molar-refractivity contribution in [3.63, 3.8) is 0 Å². The molecule has 1 heterocycles. The van der Waals surface area contributed by atoms with Gasteiger partial charge in [0.05, 0.1) is 18.7 Å². The zero-order valence-corrected chi connectivity index (χ0v) is 13.6. The Labute approximate surface area is 130 Å². The van der Waals surface area contributed by atoms with Gasteiger partial charge in [-0.25, -0.2) is 4.98 Å². The number of thiazole rings is 1. The first-order valence-corrected chi connectivity index (χ1v) is 8.15. The molecule has 0 aliphatic heterocycles. The molecular weight excluding hydrogens is 282 g/mol. The molecule has 0 aliphatic rings. The Balaban J connectivity index is 2.05. The molecule has 1 aromatic carbocycles. The van der Waals surface area contributed by atoms with E-state index in [1.54, 1.807) is 11.3 Å². The minimum absolute atomic E-state index is 0.221. The van der Waals surface area contributed by atoms with Gasteiger partial charge in [-0.2, -0.15) is 0 Å². The first-order valence-electron chi connectivity index (χ1n) is 7.27. The van der Waals surface area contributed by atoms with Gasteiger partial charge in [0.2, 0.25) is 0 Å². The second kappa shape index (κ2) is 7.36. The van der Waals surface area contributed by atoms with Crippen LogP contribution in [0.2, 0.25) is 0 Å². The lowest BCUT2D eigenvalue weighted by Crippen LogP contribution is -2.07. The van der Waals surface area contributed by atoms with Crippen molar-refractivity contribution in [2.75, 3.05) is 6.61 Å². The molecule has 0 atom stereocenters. The number of nitrogens with zero attached hydrogens (tertiary/aromatic N) is 1. The van der Waals surface area contributed by atoms with Gasteiger partial charge >= 0.3 is 5.97 Å². The van der Waals surface area contributed by atoms with E-state index in [4.69, 9.17) is 4.74 Å². The van der Waals surface area contributed by atoms with Gasteiger partial charge in [-0.1, -0.05) is 38.1 Å². The minimum Gasteiger partial charge on any atom is -0.466 e. The highest BCUT2D eigenvalue weighted by Gasteiger charge is 2.09. The lowest BCUT2D eigenvalue weighted by molar-refractivity contribution is -0.142. The first kappa shape index (κ1) is 15.7. The van der Waals surface area contributed by atoms with Gasteiger partial charge < -0.3 is 4.74 Å². The highest BCUT2D eigenvalue weighted by atomic mass is 32.1. The van der Waals surface area contributed by atoms with E-state index in [-0.39, 0.29) is 12.4 Å². The van der Waals surface area contributed by atoms with Crippen LogP contribution in [0.4, 0.5) is 0 Å². The van der Waals surface area contributed by atoms with E-state index < -0.39 is 0 Å². The summed E-state index contributed by atoms with van der Waals surface area (Å²) in [6.45, 7) is 6.66. The molecule has 21 heavy (non-hydrogen) atoms. The Morgan fingerprint density at radius 2 is 2.00 bits per heavy atom. The van der Waals surface area contributed by atoms with Crippen LogP contribution in [0.1, 0.15) is 32.0 Å². The molecule has 0 unspecified atom stereocenters. The molecule has 0 spiro atoms. The van der Waals surface area contributed by atoms with Crippen molar-refractivity contribution in [2.24, 2.45) is 5.92 Å². The van der Waals surface area contributed by atoms with Crippen LogP contribution < -0.4 is 0 Å². The largest absolute Gasteiger partial charge is 0.466 e. The van der Waals surface area contributed by atoms with Crippen molar-refractivity contribution >= 4 is 17.3 Å². The van der Waals surface area contributed by atoms with E-state index in [9.17, 15) is 4.79 Å². The van der Waals surface area contributed by atoms with E-state index >= 15 is 0 Å². The maximum Gasteiger partial charge on any atom is 0.311 e. The molecule has 0 saturated heterocycles. The molecule has 2 rings (SSSR count). The Morgan fingerprint density at radius 3 is 2.62 bits per heavy atom. The maximum absolute atomic E-state index is 11.4. The van der Waals surface area contributed by atoms with E-state index in [0.29, 0.717) is 12.5 Å². The monoisotopic (exact) mass is 303 g/mol. The lowest BCUT2D eigenvalue weighted by atomic mass is 10.0. The summed E-state index contributed by atoms with van der Waals surface area (Å²) in [6.07, 6.45) is 1.34. The number of esters is 1. The van der Waals surface area contributed by atoms with Crippen molar-refractivity contribution in [1.82, 2.24) is 4.98 Å². The molecule has 0 N–H and O–H groups in total. The van der Waals surface area contributed by atoms with Gasteiger partial charge in [-0.3, -0.25) is 4.79 Å². The Bertz CT molecular complexity index is 587. The molecule has 0 aliphatic carbocycles. The average Bonchev–Trinajstić information content (AvgIpc) is 2.87. The predicted molar refractivity (Wildman–Crippen MR) is 86.4 cm³/mol. The number of carbonyl (C=O) groups is 1. The van der Waals surface area contributed by atoms with Gasteiger partial charge in [-0.05, 0) is 24.8 Å². The van der Waals surface area contributed by atoms with Crippen molar-refractivity contribution in [3.05, 3.63) is 40.9 Å². The molecule has 0 saturated carbocycles. The third-order valence-corrected chi connectivity index (χ3v) is 3.97. The van der Waals surface area contributed by atoms with Crippen molar-refractivity contribution in [3.8, 4) is 10.6 Å². The third kappa shape index (κ3) is 4.67. The first-order chi connectivity index (χ1) is 10.1. The molecule has 0 radical (unpaired) electrons. The van der Waals surface area contributed by atoms with Crippen LogP contribution in [0.5, 0.6) is 0 Å². The summed E-state index contributed by atoms with van der Waals surface area (Å²) in [7, 11) is 0. The van der Waals surface area contributed by atoms with Crippen LogP contribution in [-0.4, -0.2) is 17.6 Å².